The van der Waals surface area contributed by atoms with Gasteiger partial charge in [-0.2, -0.15) is 0 Å². The maximum Gasteiger partial charge on any atom is 0.191 e. The number of benzene rings is 1. The van der Waals surface area contributed by atoms with E-state index in [1.165, 1.54) is 31.2 Å². The van der Waals surface area contributed by atoms with Crippen LogP contribution in [0.5, 0.6) is 0 Å². The van der Waals surface area contributed by atoms with Gasteiger partial charge in [-0.1, -0.05) is 43.2 Å². The second-order valence-electron chi connectivity index (χ2n) is 8.61. The molecule has 2 aliphatic carbocycles. The molecule has 2 aliphatic rings. The van der Waals surface area contributed by atoms with Crippen LogP contribution >= 0.6 is 0 Å². The summed E-state index contributed by atoms with van der Waals surface area (Å²) in [5.41, 5.74) is 1.42. The Hall–Kier alpha value is -1.59. The highest BCUT2D eigenvalue weighted by atomic mass is 16.3. The van der Waals surface area contributed by atoms with E-state index in [2.05, 4.69) is 60.1 Å². The first-order valence-electron chi connectivity index (χ1n) is 11.2. The highest BCUT2D eigenvalue weighted by Crippen LogP contribution is 2.32. The monoisotopic (exact) mass is 386 g/mol. The van der Waals surface area contributed by atoms with Crippen molar-refractivity contribution in [2.45, 2.75) is 88.9 Å². The summed E-state index contributed by atoms with van der Waals surface area (Å²) in [6, 6.07) is 11.4. The molecule has 1 aromatic carbocycles. The minimum Gasteiger partial charge on any atom is -0.393 e. The molecule has 1 unspecified atom stereocenters. The highest BCUT2D eigenvalue weighted by Gasteiger charge is 2.35. The first kappa shape index (κ1) is 21.1. The number of hydrogen-bond donors (Lipinski definition) is 4. The molecule has 5 nitrogen and oxygen atoms in total. The van der Waals surface area contributed by atoms with E-state index in [-0.39, 0.29) is 11.6 Å². The zero-order chi connectivity index (χ0) is 19.8. The van der Waals surface area contributed by atoms with Crippen LogP contribution in [0.2, 0.25) is 0 Å². The van der Waals surface area contributed by atoms with Gasteiger partial charge >= 0.3 is 0 Å². The van der Waals surface area contributed by atoms with E-state index in [1.54, 1.807) is 0 Å². The highest BCUT2D eigenvalue weighted by molar-refractivity contribution is 5.80. The molecule has 0 aromatic heterocycles. The first-order valence-corrected chi connectivity index (χ1v) is 11.2. The lowest BCUT2D eigenvalue weighted by molar-refractivity contribution is 0.120. The Morgan fingerprint density at radius 3 is 2.46 bits per heavy atom. The molecule has 4 N–H and O–H groups in total. The van der Waals surface area contributed by atoms with Crippen LogP contribution in [0.25, 0.3) is 0 Å². The van der Waals surface area contributed by atoms with Gasteiger partial charge in [-0.15, -0.1) is 0 Å². The van der Waals surface area contributed by atoms with Gasteiger partial charge in [0, 0.05) is 24.2 Å². The molecular weight excluding hydrogens is 348 g/mol. The maximum atomic E-state index is 9.74. The van der Waals surface area contributed by atoms with E-state index in [0.29, 0.717) is 12.1 Å². The molecule has 1 atom stereocenters. The van der Waals surface area contributed by atoms with E-state index < -0.39 is 0 Å². The molecule has 28 heavy (non-hydrogen) atoms. The average Bonchev–Trinajstić information content (AvgIpc) is 3.17. The van der Waals surface area contributed by atoms with Crippen molar-refractivity contribution >= 4 is 5.96 Å². The van der Waals surface area contributed by atoms with Crippen LogP contribution in [0.1, 0.15) is 76.8 Å². The van der Waals surface area contributed by atoms with E-state index in [4.69, 9.17) is 4.99 Å². The number of rotatable bonds is 7. The van der Waals surface area contributed by atoms with Gasteiger partial charge in [-0.05, 0) is 57.9 Å². The van der Waals surface area contributed by atoms with Crippen LogP contribution in [0, 0.1) is 0 Å². The summed E-state index contributed by atoms with van der Waals surface area (Å²) in [5.74, 6) is 0.921. The SMILES string of the molecule is CCNC(=NCC1(NC(C)c2ccccc2)CCCC1)NC1CCC(O)CC1. The number of aliphatic hydroxyl groups is 1. The second-order valence-corrected chi connectivity index (χ2v) is 8.61. The molecule has 0 amide bonds. The van der Waals surface area contributed by atoms with Crippen molar-refractivity contribution in [3.63, 3.8) is 0 Å². The molecule has 0 saturated heterocycles. The van der Waals surface area contributed by atoms with Crippen molar-refractivity contribution < 1.29 is 5.11 Å². The Morgan fingerprint density at radius 1 is 1.14 bits per heavy atom. The molecule has 2 saturated carbocycles. The lowest BCUT2D eigenvalue weighted by Gasteiger charge is -2.33. The zero-order valence-electron chi connectivity index (χ0n) is 17.6. The fourth-order valence-corrected chi connectivity index (χ4v) is 4.65. The van der Waals surface area contributed by atoms with Gasteiger partial charge in [-0.3, -0.25) is 4.99 Å². The Morgan fingerprint density at radius 2 is 1.82 bits per heavy atom. The third kappa shape index (κ3) is 5.95. The lowest BCUT2D eigenvalue weighted by Crippen LogP contribution is -2.49. The largest absolute Gasteiger partial charge is 0.393 e. The molecule has 1 aromatic rings. The van der Waals surface area contributed by atoms with Gasteiger partial charge in [0.25, 0.3) is 0 Å². The quantitative estimate of drug-likeness (QED) is 0.428. The van der Waals surface area contributed by atoms with Gasteiger partial charge in [0.05, 0.1) is 12.6 Å². The normalized spacial score (nSPS) is 26.0. The van der Waals surface area contributed by atoms with Crippen molar-refractivity contribution in [2.24, 2.45) is 4.99 Å². The molecule has 0 spiro atoms. The number of aliphatic imine (C=N–C) groups is 1. The van der Waals surface area contributed by atoms with Crippen LogP contribution in [0.15, 0.2) is 35.3 Å². The summed E-state index contributed by atoms with van der Waals surface area (Å²) in [6.07, 6.45) is 8.59. The zero-order valence-corrected chi connectivity index (χ0v) is 17.6. The predicted molar refractivity (Wildman–Crippen MR) is 117 cm³/mol. The van der Waals surface area contributed by atoms with Gasteiger partial charge in [0.1, 0.15) is 0 Å². The molecule has 0 heterocycles. The third-order valence-corrected chi connectivity index (χ3v) is 6.30. The number of aliphatic hydroxyl groups excluding tert-OH is 1. The fraction of sp³-hybridized carbons (Fsp3) is 0.696. The summed E-state index contributed by atoms with van der Waals surface area (Å²) >= 11 is 0. The van der Waals surface area contributed by atoms with E-state index in [0.717, 1.165) is 44.7 Å². The number of hydrogen-bond acceptors (Lipinski definition) is 3. The Kier molecular flexibility index (Phi) is 7.74. The molecule has 0 radical (unpaired) electrons. The van der Waals surface area contributed by atoms with Crippen LogP contribution in [-0.4, -0.2) is 41.8 Å². The summed E-state index contributed by atoms with van der Waals surface area (Å²) in [4.78, 5) is 5.00. The fourth-order valence-electron chi connectivity index (χ4n) is 4.65. The third-order valence-electron chi connectivity index (χ3n) is 6.30. The first-order chi connectivity index (χ1) is 13.6. The van der Waals surface area contributed by atoms with E-state index >= 15 is 0 Å². The van der Waals surface area contributed by atoms with Crippen LogP contribution < -0.4 is 16.0 Å². The predicted octanol–water partition coefficient (Wildman–Crippen LogP) is 3.51. The van der Waals surface area contributed by atoms with Crippen molar-refractivity contribution in [1.82, 2.24) is 16.0 Å². The van der Waals surface area contributed by atoms with Crippen molar-refractivity contribution in [2.75, 3.05) is 13.1 Å². The van der Waals surface area contributed by atoms with E-state index in [9.17, 15) is 5.11 Å². The smallest absolute Gasteiger partial charge is 0.191 e. The molecule has 5 heteroatoms. The summed E-state index contributed by atoms with van der Waals surface area (Å²) in [7, 11) is 0. The number of guanidine groups is 1. The van der Waals surface area contributed by atoms with Gasteiger partial charge in [0.2, 0.25) is 0 Å². The molecule has 0 aliphatic heterocycles. The Bertz CT molecular complexity index is 604. The average molecular weight is 387 g/mol. The van der Waals surface area contributed by atoms with Gasteiger partial charge in [-0.25, -0.2) is 0 Å². The Labute approximate surface area is 170 Å². The van der Waals surface area contributed by atoms with Gasteiger partial charge < -0.3 is 21.1 Å². The van der Waals surface area contributed by atoms with Crippen LogP contribution in [0.4, 0.5) is 0 Å². The van der Waals surface area contributed by atoms with Crippen LogP contribution in [-0.2, 0) is 0 Å². The van der Waals surface area contributed by atoms with Crippen molar-refractivity contribution in [1.29, 1.82) is 0 Å². The van der Waals surface area contributed by atoms with Crippen LogP contribution in [0.3, 0.4) is 0 Å². The minimum absolute atomic E-state index is 0.0837. The molecule has 156 valence electrons. The molecule has 3 rings (SSSR count). The van der Waals surface area contributed by atoms with E-state index in [1.807, 2.05) is 0 Å². The summed E-state index contributed by atoms with van der Waals surface area (Å²) < 4.78 is 0. The summed E-state index contributed by atoms with van der Waals surface area (Å²) in [5, 5.41) is 20.7. The Balaban J connectivity index is 1.63. The maximum absolute atomic E-state index is 9.74. The standard InChI is InChI=1S/C23H38N4O/c1-3-24-22(26-20-11-13-21(28)14-12-20)25-17-23(15-7-8-16-23)27-18(2)19-9-5-4-6-10-19/h4-6,9-10,18,20-21,27-28H,3,7-8,11-17H2,1-2H3,(H2,24,25,26). The number of nitrogens with one attached hydrogen (secondary N) is 3. The minimum atomic E-state index is -0.122. The lowest BCUT2D eigenvalue weighted by atomic mass is 9.93. The second kappa shape index (κ2) is 10.3. The number of nitrogens with zero attached hydrogens (tertiary/aromatic N) is 1. The molecule has 2 fully saturated rings. The molecular formula is C23H38N4O. The van der Waals surface area contributed by atoms with Gasteiger partial charge in [0.15, 0.2) is 5.96 Å². The van der Waals surface area contributed by atoms with Crippen molar-refractivity contribution in [3.8, 4) is 0 Å². The van der Waals surface area contributed by atoms with Crippen molar-refractivity contribution in [3.05, 3.63) is 35.9 Å². The topological polar surface area (TPSA) is 68.7 Å². The summed E-state index contributed by atoms with van der Waals surface area (Å²) in [6.45, 7) is 6.04. The molecule has 0 bridgehead atoms.